The normalized spacial score (nSPS) is 11.3. The van der Waals surface area contributed by atoms with Gasteiger partial charge in [0.15, 0.2) is 11.2 Å². The summed E-state index contributed by atoms with van der Waals surface area (Å²) in [4.78, 5) is 33.4. The van der Waals surface area contributed by atoms with Crippen molar-refractivity contribution in [2.45, 2.75) is 26.5 Å². The number of aromatic nitrogens is 5. The molecule has 3 heterocycles. The smallest absolute Gasteiger partial charge is 0.332 e. The summed E-state index contributed by atoms with van der Waals surface area (Å²) >= 11 is 0. The van der Waals surface area contributed by atoms with E-state index in [1.807, 2.05) is 23.6 Å². The fourth-order valence-corrected chi connectivity index (χ4v) is 2.75. The van der Waals surface area contributed by atoms with Gasteiger partial charge in [-0.3, -0.25) is 18.9 Å². The number of rotatable bonds is 6. The SMILES string of the molecule is CCCOCc1nc2c(c(=O)n(C)c(=O)n2C)n1Cc1ccncc1. The predicted octanol–water partition coefficient (Wildman–Crippen LogP) is 0.804. The molecule has 3 rings (SSSR count). The van der Waals surface area contributed by atoms with Crippen LogP contribution in [0.3, 0.4) is 0 Å². The van der Waals surface area contributed by atoms with Crippen LogP contribution in [0.4, 0.5) is 0 Å². The third-order valence-electron chi connectivity index (χ3n) is 4.10. The molecule has 0 saturated heterocycles. The summed E-state index contributed by atoms with van der Waals surface area (Å²) in [5, 5.41) is 0. The topological polar surface area (TPSA) is 83.9 Å². The van der Waals surface area contributed by atoms with Gasteiger partial charge in [0.05, 0.1) is 0 Å². The minimum absolute atomic E-state index is 0.283. The summed E-state index contributed by atoms with van der Waals surface area (Å²) < 4.78 is 9.94. The van der Waals surface area contributed by atoms with Crippen molar-refractivity contribution < 1.29 is 4.74 Å². The monoisotopic (exact) mass is 343 g/mol. The van der Waals surface area contributed by atoms with E-state index in [9.17, 15) is 9.59 Å². The van der Waals surface area contributed by atoms with Crippen LogP contribution in [-0.2, 0) is 32.0 Å². The molecule has 0 atom stereocenters. The van der Waals surface area contributed by atoms with Gasteiger partial charge in [-0.15, -0.1) is 0 Å². The van der Waals surface area contributed by atoms with E-state index in [1.54, 1.807) is 19.4 Å². The van der Waals surface area contributed by atoms with Crippen molar-refractivity contribution in [2.75, 3.05) is 6.61 Å². The van der Waals surface area contributed by atoms with Gasteiger partial charge in [-0.05, 0) is 24.1 Å². The first-order chi connectivity index (χ1) is 12.0. The number of hydrogen-bond acceptors (Lipinski definition) is 5. The summed E-state index contributed by atoms with van der Waals surface area (Å²) in [6, 6.07) is 3.77. The maximum Gasteiger partial charge on any atom is 0.332 e. The lowest BCUT2D eigenvalue weighted by atomic mass is 10.2. The van der Waals surface area contributed by atoms with Crippen LogP contribution >= 0.6 is 0 Å². The van der Waals surface area contributed by atoms with E-state index in [-0.39, 0.29) is 12.2 Å². The quantitative estimate of drug-likeness (QED) is 0.618. The summed E-state index contributed by atoms with van der Waals surface area (Å²) in [6.07, 6.45) is 4.30. The second kappa shape index (κ2) is 7.02. The fraction of sp³-hybridized carbons (Fsp3) is 0.412. The van der Waals surface area contributed by atoms with E-state index in [1.165, 1.54) is 11.6 Å². The zero-order chi connectivity index (χ0) is 18.0. The summed E-state index contributed by atoms with van der Waals surface area (Å²) in [7, 11) is 3.09. The number of fused-ring (bicyclic) bond motifs is 1. The largest absolute Gasteiger partial charge is 0.374 e. The highest BCUT2D eigenvalue weighted by Crippen LogP contribution is 2.15. The molecule has 0 saturated carbocycles. The number of pyridine rings is 1. The zero-order valence-corrected chi connectivity index (χ0v) is 14.6. The van der Waals surface area contributed by atoms with Crippen LogP contribution in [0, 0.1) is 0 Å². The molecule has 0 aliphatic heterocycles. The maximum atomic E-state index is 12.7. The molecule has 3 aromatic rings. The van der Waals surface area contributed by atoms with E-state index in [0.29, 0.717) is 30.1 Å². The minimum Gasteiger partial charge on any atom is -0.374 e. The van der Waals surface area contributed by atoms with Crippen molar-refractivity contribution in [1.29, 1.82) is 0 Å². The van der Waals surface area contributed by atoms with E-state index >= 15 is 0 Å². The third-order valence-corrected chi connectivity index (χ3v) is 4.10. The van der Waals surface area contributed by atoms with Crippen molar-refractivity contribution >= 4 is 11.2 Å². The summed E-state index contributed by atoms with van der Waals surface area (Å²) in [5.41, 5.74) is 1.00. The van der Waals surface area contributed by atoms with E-state index in [4.69, 9.17) is 4.74 Å². The maximum absolute atomic E-state index is 12.7. The minimum atomic E-state index is -0.396. The van der Waals surface area contributed by atoms with Crippen molar-refractivity contribution in [3.05, 3.63) is 56.8 Å². The Morgan fingerprint density at radius 2 is 1.84 bits per heavy atom. The summed E-state index contributed by atoms with van der Waals surface area (Å²) in [5.74, 6) is 0.624. The van der Waals surface area contributed by atoms with Gasteiger partial charge < -0.3 is 9.30 Å². The molecule has 0 fully saturated rings. The molecule has 132 valence electrons. The molecule has 8 nitrogen and oxygen atoms in total. The van der Waals surface area contributed by atoms with Crippen LogP contribution in [0.25, 0.3) is 11.2 Å². The van der Waals surface area contributed by atoms with Crippen LogP contribution < -0.4 is 11.2 Å². The molecule has 0 bridgehead atoms. The van der Waals surface area contributed by atoms with Gasteiger partial charge in [-0.2, -0.15) is 0 Å². The third kappa shape index (κ3) is 3.12. The zero-order valence-electron chi connectivity index (χ0n) is 14.6. The van der Waals surface area contributed by atoms with Gasteiger partial charge in [0, 0.05) is 39.6 Å². The van der Waals surface area contributed by atoms with E-state index in [2.05, 4.69) is 9.97 Å². The van der Waals surface area contributed by atoms with Crippen LogP contribution in [0.1, 0.15) is 24.7 Å². The van der Waals surface area contributed by atoms with E-state index < -0.39 is 5.69 Å². The Morgan fingerprint density at radius 1 is 1.12 bits per heavy atom. The molecule has 0 unspecified atom stereocenters. The Balaban J connectivity index is 2.20. The molecule has 0 aliphatic rings. The highest BCUT2D eigenvalue weighted by atomic mass is 16.5. The molecule has 0 aliphatic carbocycles. The van der Waals surface area contributed by atoms with Gasteiger partial charge >= 0.3 is 5.69 Å². The Bertz CT molecular complexity index is 1000. The first kappa shape index (κ1) is 17.1. The second-order valence-corrected chi connectivity index (χ2v) is 5.90. The average molecular weight is 343 g/mol. The molecule has 25 heavy (non-hydrogen) atoms. The van der Waals surface area contributed by atoms with Gasteiger partial charge in [0.2, 0.25) is 0 Å². The Morgan fingerprint density at radius 3 is 2.52 bits per heavy atom. The Labute approximate surface area is 144 Å². The molecule has 0 spiro atoms. The molecule has 0 N–H and O–H groups in total. The lowest BCUT2D eigenvalue weighted by Crippen LogP contribution is -2.37. The van der Waals surface area contributed by atoms with Gasteiger partial charge in [0.25, 0.3) is 5.56 Å². The molecule has 0 aromatic carbocycles. The lowest BCUT2D eigenvalue weighted by Gasteiger charge is -2.10. The second-order valence-electron chi connectivity index (χ2n) is 5.90. The number of nitrogens with zero attached hydrogens (tertiary/aromatic N) is 5. The first-order valence-corrected chi connectivity index (χ1v) is 8.16. The van der Waals surface area contributed by atoms with Gasteiger partial charge in [-0.25, -0.2) is 9.78 Å². The number of imidazole rings is 1. The predicted molar refractivity (Wildman–Crippen MR) is 93.5 cm³/mol. The highest BCUT2D eigenvalue weighted by Gasteiger charge is 2.19. The number of ether oxygens (including phenoxy) is 1. The molecule has 3 aromatic heterocycles. The molecular formula is C17H21N5O3. The van der Waals surface area contributed by atoms with Crippen molar-refractivity contribution in [2.24, 2.45) is 14.1 Å². The molecular weight excluding hydrogens is 322 g/mol. The van der Waals surface area contributed by atoms with Crippen LogP contribution in [0.2, 0.25) is 0 Å². The molecule has 8 heteroatoms. The lowest BCUT2D eigenvalue weighted by molar-refractivity contribution is 0.114. The van der Waals surface area contributed by atoms with Crippen molar-refractivity contribution in [1.82, 2.24) is 23.7 Å². The van der Waals surface area contributed by atoms with Crippen LogP contribution in [0.5, 0.6) is 0 Å². The average Bonchev–Trinajstić information content (AvgIpc) is 2.98. The Kier molecular flexibility index (Phi) is 4.80. The Hall–Kier alpha value is -2.74. The summed E-state index contributed by atoms with van der Waals surface area (Å²) in [6.45, 7) is 3.37. The number of aryl methyl sites for hydroxylation is 1. The highest BCUT2D eigenvalue weighted by molar-refractivity contribution is 5.71. The first-order valence-electron chi connectivity index (χ1n) is 8.16. The van der Waals surface area contributed by atoms with Gasteiger partial charge in [0.1, 0.15) is 12.4 Å². The molecule has 0 amide bonds. The fourth-order valence-electron chi connectivity index (χ4n) is 2.75. The van der Waals surface area contributed by atoms with E-state index in [0.717, 1.165) is 16.6 Å². The van der Waals surface area contributed by atoms with Crippen LogP contribution in [0.15, 0.2) is 34.1 Å². The number of hydrogen-bond donors (Lipinski definition) is 0. The van der Waals surface area contributed by atoms with Crippen molar-refractivity contribution in [3.63, 3.8) is 0 Å². The standard InChI is InChI=1S/C17H21N5O3/c1-4-9-25-11-13-19-15-14(16(23)21(3)17(24)20(15)2)22(13)10-12-5-7-18-8-6-12/h5-8H,4,9-11H2,1-3H3. The van der Waals surface area contributed by atoms with Crippen molar-refractivity contribution in [3.8, 4) is 0 Å². The van der Waals surface area contributed by atoms with Crippen LogP contribution in [-0.4, -0.2) is 30.3 Å². The van der Waals surface area contributed by atoms with Gasteiger partial charge in [-0.1, -0.05) is 6.92 Å². The molecule has 0 radical (unpaired) electrons.